The van der Waals surface area contributed by atoms with E-state index in [1.54, 1.807) is 7.05 Å². The predicted molar refractivity (Wildman–Crippen MR) is 52.6 cm³/mol. The Morgan fingerprint density at radius 3 is 2.77 bits per heavy atom. The number of urea groups is 1. The van der Waals surface area contributed by atoms with Crippen molar-refractivity contribution in [3.8, 4) is 0 Å². The number of hydrogen-bond acceptors (Lipinski definition) is 2. The van der Waals surface area contributed by atoms with E-state index in [0.29, 0.717) is 0 Å². The molecular weight excluding hydrogens is 166 g/mol. The van der Waals surface area contributed by atoms with Gasteiger partial charge in [-0.25, -0.2) is 4.79 Å². The summed E-state index contributed by atoms with van der Waals surface area (Å²) in [6, 6.07) is 0.189. The molecule has 0 spiro atoms. The van der Waals surface area contributed by atoms with E-state index < -0.39 is 0 Å². The fraction of sp³-hybridized carbons (Fsp3) is 0.889. The van der Waals surface area contributed by atoms with Crippen molar-refractivity contribution in [1.29, 1.82) is 0 Å². The van der Waals surface area contributed by atoms with E-state index in [4.69, 9.17) is 0 Å². The Morgan fingerprint density at radius 2 is 2.23 bits per heavy atom. The maximum atomic E-state index is 11.1. The molecule has 0 radical (unpaired) electrons. The monoisotopic (exact) mass is 185 g/mol. The molecule has 2 amide bonds. The van der Waals surface area contributed by atoms with Crippen molar-refractivity contribution in [2.75, 3.05) is 20.1 Å². The molecule has 1 heterocycles. The molecule has 4 nitrogen and oxygen atoms in total. The van der Waals surface area contributed by atoms with Gasteiger partial charge in [-0.2, -0.15) is 0 Å². The molecule has 13 heavy (non-hydrogen) atoms. The quantitative estimate of drug-likeness (QED) is 0.550. The number of piperidine rings is 1. The molecule has 0 aromatic heterocycles. The van der Waals surface area contributed by atoms with Gasteiger partial charge >= 0.3 is 6.03 Å². The van der Waals surface area contributed by atoms with Crippen LogP contribution in [0, 0.1) is 5.41 Å². The summed E-state index contributed by atoms with van der Waals surface area (Å²) in [5.74, 6) is 0. The first kappa shape index (κ1) is 10.3. The topological polar surface area (TPSA) is 53.2 Å². The minimum absolute atomic E-state index is 0.0834. The van der Waals surface area contributed by atoms with Crippen LogP contribution in [0.4, 0.5) is 4.79 Å². The number of carbonyl (C=O) groups is 1. The van der Waals surface area contributed by atoms with Crippen LogP contribution in [-0.2, 0) is 0 Å². The van der Waals surface area contributed by atoms with Gasteiger partial charge in [-0.3, -0.25) is 0 Å². The predicted octanol–water partition coefficient (Wildman–Crippen LogP) is 0.304. The number of amides is 2. The van der Waals surface area contributed by atoms with Gasteiger partial charge in [0.05, 0.1) is 0 Å². The van der Waals surface area contributed by atoms with Crippen molar-refractivity contribution in [3.05, 3.63) is 0 Å². The number of hydrogen-bond donors (Lipinski definition) is 3. The summed E-state index contributed by atoms with van der Waals surface area (Å²) in [7, 11) is 1.64. The summed E-state index contributed by atoms with van der Waals surface area (Å²) >= 11 is 0. The molecule has 4 heteroatoms. The first-order valence-electron chi connectivity index (χ1n) is 4.75. The summed E-state index contributed by atoms with van der Waals surface area (Å²) in [5.41, 5.74) is 0.144. The van der Waals surface area contributed by atoms with Crippen molar-refractivity contribution >= 4 is 6.03 Å². The minimum atomic E-state index is -0.0834. The lowest BCUT2D eigenvalue weighted by atomic mass is 9.80. The van der Waals surface area contributed by atoms with Crippen molar-refractivity contribution in [2.24, 2.45) is 5.41 Å². The second-order valence-electron chi connectivity index (χ2n) is 4.23. The molecule has 1 atom stereocenters. The fourth-order valence-corrected chi connectivity index (χ4v) is 1.67. The highest BCUT2D eigenvalue weighted by Crippen LogP contribution is 2.24. The van der Waals surface area contributed by atoms with Crippen molar-refractivity contribution in [2.45, 2.75) is 26.3 Å². The second-order valence-corrected chi connectivity index (χ2v) is 4.23. The maximum absolute atomic E-state index is 11.1. The van der Waals surface area contributed by atoms with E-state index in [1.807, 2.05) is 0 Å². The third-order valence-corrected chi connectivity index (χ3v) is 2.67. The summed E-state index contributed by atoms with van der Waals surface area (Å²) in [6.45, 7) is 6.28. The van der Waals surface area contributed by atoms with Crippen LogP contribution < -0.4 is 16.0 Å². The van der Waals surface area contributed by atoms with Gasteiger partial charge in [0.15, 0.2) is 0 Å². The van der Waals surface area contributed by atoms with Crippen molar-refractivity contribution < 1.29 is 4.79 Å². The summed E-state index contributed by atoms with van der Waals surface area (Å²) in [4.78, 5) is 11.1. The molecule has 3 N–H and O–H groups in total. The highest BCUT2D eigenvalue weighted by Gasteiger charge is 2.32. The zero-order chi connectivity index (χ0) is 9.90. The lowest BCUT2D eigenvalue weighted by Crippen LogP contribution is -2.55. The summed E-state index contributed by atoms with van der Waals surface area (Å²) in [6.07, 6.45) is 1.00. The van der Waals surface area contributed by atoms with Crippen LogP contribution in [0.1, 0.15) is 20.3 Å². The average molecular weight is 185 g/mol. The van der Waals surface area contributed by atoms with Crippen LogP contribution in [0.2, 0.25) is 0 Å². The van der Waals surface area contributed by atoms with Gasteiger partial charge in [-0.05, 0) is 18.4 Å². The Hall–Kier alpha value is -0.770. The van der Waals surface area contributed by atoms with E-state index >= 15 is 0 Å². The maximum Gasteiger partial charge on any atom is 0.314 e. The Morgan fingerprint density at radius 1 is 1.54 bits per heavy atom. The van der Waals surface area contributed by atoms with Crippen LogP contribution in [0.25, 0.3) is 0 Å². The first-order chi connectivity index (χ1) is 6.06. The smallest absolute Gasteiger partial charge is 0.314 e. The molecular formula is C9H19N3O. The van der Waals surface area contributed by atoms with Crippen LogP contribution in [0.3, 0.4) is 0 Å². The molecule has 1 rings (SSSR count). The molecule has 0 bridgehead atoms. The number of nitrogens with one attached hydrogen (secondary N) is 3. The van der Waals surface area contributed by atoms with Gasteiger partial charge < -0.3 is 16.0 Å². The zero-order valence-corrected chi connectivity index (χ0v) is 8.61. The van der Waals surface area contributed by atoms with Crippen LogP contribution in [0.15, 0.2) is 0 Å². The first-order valence-corrected chi connectivity index (χ1v) is 4.75. The lowest BCUT2D eigenvalue weighted by Gasteiger charge is -2.39. The molecule has 0 aromatic carbocycles. The van der Waals surface area contributed by atoms with Gasteiger partial charge in [-0.15, -0.1) is 0 Å². The highest BCUT2D eigenvalue weighted by atomic mass is 16.2. The normalized spacial score (nSPS) is 26.5. The fourth-order valence-electron chi connectivity index (χ4n) is 1.67. The highest BCUT2D eigenvalue weighted by molar-refractivity contribution is 5.73. The molecule has 1 unspecified atom stereocenters. The third kappa shape index (κ3) is 2.59. The van der Waals surface area contributed by atoms with Crippen LogP contribution in [0.5, 0.6) is 0 Å². The molecule has 1 aliphatic rings. The Bertz CT molecular complexity index is 191. The molecule has 76 valence electrons. The largest absolute Gasteiger partial charge is 0.341 e. The van der Waals surface area contributed by atoms with Gasteiger partial charge in [0.2, 0.25) is 0 Å². The van der Waals surface area contributed by atoms with E-state index in [-0.39, 0.29) is 17.5 Å². The van der Waals surface area contributed by atoms with Crippen molar-refractivity contribution in [1.82, 2.24) is 16.0 Å². The third-order valence-electron chi connectivity index (χ3n) is 2.67. The van der Waals surface area contributed by atoms with Gasteiger partial charge in [0.1, 0.15) is 0 Å². The van der Waals surface area contributed by atoms with E-state index in [0.717, 1.165) is 19.5 Å². The van der Waals surface area contributed by atoms with Crippen molar-refractivity contribution in [3.63, 3.8) is 0 Å². The second kappa shape index (κ2) is 3.96. The van der Waals surface area contributed by atoms with Gasteiger partial charge in [0, 0.05) is 19.6 Å². The Labute approximate surface area is 79.5 Å². The van der Waals surface area contributed by atoms with Crippen LogP contribution in [-0.4, -0.2) is 32.2 Å². The SMILES string of the molecule is CNC(=O)NC1CCNCC1(C)C. The molecule has 1 fully saturated rings. The molecule has 0 aliphatic carbocycles. The Kier molecular flexibility index (Phi) is 3.14. The summed E-state index contributed by atoms with van der Waals surface area (Å²) in [5, 5.41) is 8.87. The zero-order valence-electron chi connectivity index (χ0n) is 8.61. The molecule has 0 saturated carbocycles. The van der Waals surface area contributed by atoms with Gasteiger partial charge in [-0.1, -0.05) is 13.8 Å². The molecule has 1 aliphatic heterocycles. The molecule has 1 saturated heterocycles. The number of rotatable bonds is 1. The summed E-state index contributed by atoms with van der Waals surface area (Å²) < 4.78 is 0. The van der Waals surface area contributed by atoms with E-state index in [1.165, 1.54) is 0 Å². The minimum Gasteiger partial charge on any atom is -0.341 e. The Balaban J connectivity index is 2.51. The van der Waals surface area contributed by atoms with Gasteiger partial charge in [0.25, 0.3) is 0 Å². The standard InChI is InChI=1S/C9H19N3O/c1-9(2)6-11-5-4-7(9)12-8(13)10-3/h7,11H,4-6H2,1-3H3,(H2,10,12,13). The van der Waals surface area contributed by atoms with Crippen LogP contribution >= 0.6 is 0 Å². The molecule has 0 aromatic rings. The lowest BCUT2D eigenvalue weighted by molar-refractivity contribution is 0.180. The average Bonchev–Trinajstić information content (AvgIpc) is 2.08. The van der Waals surface area contributed by atoms with E-state index in [9.17, 15) is 4.79 Å². The number of carbonyl (C=O) groups excluding carboxylic acids is 1. The van der Waals surface area contributed by atoms with E-state index in [2.05, 4.69) is 29.8 Å².